The van der Waals surface area contributed by atoms with Crippen LogP contribution in [0.3, 0.4) is 0 Å². The Labute approximate surface area is 139 Å². The molecule has 5 nitrogen and oxygen atoms in total. The van der Waals surface area contributed by atoms with Crippen molar-refractivity contribution in [3.05, 3.63) is 39.8 Å². The lowest BCUT2D eigenvalue weighted by Gasteiger charge is -2.09. The molecule has 0 N–H and O–H groups in total. The highest BCUT2D eigenvalue weighted by Crippen LogP contribution is 2.30. The number of fused-ring (bicyclic) bond motifs is 1. The second kappa shape index (κ2) is 7.46. The van der Waals surface area contributed by atoms with Crippen molar-refractivity contribution in [1.29, 1.82) is 0 Å². The summed E-state index contributed by atoms with van der Waals surface area (Å²) in [6.07, 6.45) is 2.85. The molecule has 0 bridgehead atoms. The zero-order valence-corrected chi connectivity index (χ0v) is 13.9. The summed E-state index contributed by atoms with van der Waals surface area (Å²) >= 11 is 1.60. The van der Waals surface area contributed by atoms with E-state index in [2.05, 4.69) is 11.9 Å². The Kier molecular flexibility index (Phi) is 5.12. The van der Waals surface area contributed by atoms with Gasteiger partial charge in [0, 0.05) is 11.8 Å². The van der Waals surface area contributed by atoms with Gasteiger partial charge in [0.25, 0.3) is 0 Å². The Bertz CT molecular complexity index is 683. The number of thiazole rings is 1. The number of esters is 1. The molecule has 1 aliphatic heterocycles. The van der Waals surface area contributed by atoms with E-state index in [9.17, 15) is 4.79 Å². The van der Waals surface area contributed by atoms with Crippen molar-refractivity contribution in [2.24, 2.45) is 0 Å². The maximum atomic E-state index is 12.2. The fourth-order valence-electron chi connectivity index (χ4n) is 2.26. The summed E-state index contributed by atoms with van der Waals surface area (Å²) in [5.41, 5.74) is 1.25. The summed E-state index contributed by atoms with van der Waals surface area (Å²) in [5, 5.41) is 3.01. The number of hydrogen-bond donors (Lipinski definition) is 0. The quantitative estimate of drug-likeness (QED) is 0.782. The Morgan fingerprint density at radius 2 is 2.13 bits per heavy atom. The summed E-state index contributed by atoms with van der Waals surface area (Å²) in [5.74, 6) is 0.879. The summed E-state index contributed by atoms with van der Waals surface area (Å²) in [6, 6.07) is 5.12. The smallest absolute Gasteiger partial charge is 0.338 e. The van der Waals surface area contributed by atoms with E-state index in [1.165, 1.54) is 0 Å². The lowest BCUT2D eigenvalue weighted by molar-refractivity contribution is 0.0467. The third-order valence-corrected chi connectivity index (χ3v) is 4.35. The van der Waals surface area contributed by atoms with Crippen molar-refractivity contribution >= 4 is 17.3 Å². The molecule has 2 aromatic rings. The minimum absolute atomic E-state index is 0.188. The Balaban J connectivity index is 1.62. The topological polar surface area (TPSA) is 57.7 Å². The highest BCUT2D eigenvalue weighted by atomic mass is 32.1. The van der Waals surface area contributed by atoms with Crippen LogP contribution in [0.2, 0.25) is 0 Å². The van der Waals surface area contributed by atoms with Gasteiger partial charge in [-0.05, 0) is 31.0 Å². The minimum Gasteiger partial charge on any atom is -0.490 e. The number of aromatic nitrogens is 1. The maximum Gasteiger partial charge on any atom is 0.338 e. The molecule has 0 aliphatic carbocycles. The largest absolute Gasteiger partial charge is 0.490 e. The Morgan fingerprint density at radius 3 is 2.96 bits per heavy atom. The van der Waals surface area contributed by atoms with Gasteiger partial charge in [0.15, 0.2) is 11.5 Å². The number of hydrogen-bond acceptors (Lipinski definition) is 6. The molecule has 0 radical (unpaired) electrons. The van der Waals surface area contributed by atoms with Gasteiger partial charge < -0.3 is 14.2 Å². The van der Waals surface area contributed by atoms with Gasteiger partial charge in [0.2, 0.25) is 0 Å². The van der Waals surface area contributed by atoms with Gasteiger partial charge in [0.05, 0.1) is 29.5 Å². The van der Waals surface area contributed by atoms with Gasteiger partial charge in [-0.2, -0.15) is 0 Å². The van der Waals surface area contributed by atoms with Crippen molar-refractivity contribution in [3.63, 3.8) is 0 Å². The number of carbonyl (C=O) groups is 1. The molecule has 0 unspecified atom stereocenters. The first kappa shape index (κ1) is 15.8. The van der Waals surface area contributed by atoms with Crippen LogP contribution in [-0.4, -0.2) is 24.2 Å². The highest BCUT2D eigenvalue weighted by molar-refractivity contribution is 7.09. The molecule has 0 fully saturated rings. The fourth-order valence-corrected chi connectivity index (χ4v) is 3.14. The number of rotatable bonds is 5. The van der Waals surface area contributed by atoms with Gasteiger partial charge in [-0.15, -0.1) is 11.3 Å². The Hall–Kier alpha value is -2.08. The maximum absolute atomic E-state index is 12.2. The van der Waals surface area contributed by atoms with Gasteiger partial charge in [-0.25, -0.2) is 9.78 Å². The molecule has 0 atom stereocenters. The molecule has 0 saturated heterocycles. The fraction of sp³-hybridized carbons (Fsp3) is 0.412. The first-order valence-electron chi connectivity index (χ1n) is 7.76. The van der Waals surface area contributed by atoms with E-state index in [1.807, 2.05) is 5.38 Å². The normalized spacial score (nSPS) is 13.4. The van der Waals surface area contributed by atoms with E-state index in [4.69, 9.17) is 14.2 Å². The van der Waals surface area contributed by atoms with Crippen LogP contribution in [0.15, 0.2) is 23.6 Å². The molecule has 0 amide bonds. The van der Waals surface area contributed by atoms with Crippen LogP contribution in [0.1, 0.15) is 40.8 Å². The predicted octanol–water partition coefficient (Wildman–Crippen LogP) is 3.61. The van der Waals surface area contributed by atoms with E-state index in [0.29, 0.717) is 30.3 Å². The number of aryl methyl sites for hydroxylation is 1. The molecule has 0 spiro atoms. The molecule has 1 aliphatic rings. The molecular formula is C17H19NO4S. The monoisotopic (exact) mass is 333 g/mol. The average molecular weight is 333 g/mol. The van der Waals surface area contributed by atoms with Crippen molar-refractivity contribution in [2.75, 3.05) is 13.2 Å². The van der Waals surface area contributed by atoms with E-state index in [1.54, 1.807) is 29.5 Å². The number of ether oxygens (including phenoxy) is 3. The summed E-state index contributed by atoms with van der Waals surface area (Å²) in [4.78, 5) is 16.6. The molecule has 1 aromatic heterocycles. The second-order valence-corrected chi connectivity index (χ2v) is 6.21. The number of carbonyl (C=O) groups excluding carboxylic acids is 1. The first-order chi connectivity index (χ1) is 11.3. The van der Waals surface area contributed by atoms with Gasteiger partial charge in [0.1, 0.15) is 6.61 Å². The van der Waals surface area contributed by atoms with Gasteiger partial charge in [-0.3, -0.25) is 0 Å². The van der Waals surface area contributed by atoms with E-state index in [-0.39, 0.29) is 12.6 Å². The van der Waals surface area contributed by atoms with Crippen molar-refractivity contribution < 1.29 is 19.0 Å². The second-order valence-electron chi connectivity index (χ2n) is 5.27. The lowest BCUT2D eigenvalue weighted by atomic mass is 10.2. The third kappa shape index (κ3) is 4.01. The lowest BCUT2D eigenvalue weighted by Crippen LogP contribution is -2.06. The van der Waals surface area contributed by atoms with Crippen molar-refractivity contribution in [1.82, 2.24) is 4.98 Å². The highest BCUT2D eigenvalue weighted by Gasteiger charge is 2.15. The minimum atomic E-state index is -0.384. The molecule has 2 heterocycles. The van der Waals surface area contributed by atoms with Crippen LogP contribution < -0.4 is 9.47 Å². The van der Waals surface area contributed by atoms with Gasteiger partial charge in [-0.1, -0.05) is 6.92 Å². The summed E-state index contributed by atoms with van der Waals surface area (Å²) < 4.78 is 16.5. The SMILES string of the molecule is CCCc1nc(COC(=O)c2ccc3c(c2)OCCCO3)cs1. The first-order valence-corrected chi connectivity index (χ1v) is 8.64. The third-order valence-electron chi connectivity index (χ3n) is 3.40. The van der Waals surface area contributed by atoms with E-state index in [0.717, 1.165) is 30.0 Å². The standard InChI is InChI=1S/C17H19NO4S/c1-2-4-16-18-13(11-23-16)10-22-17(19)12-5-6-14-15(9-12)21-8-3-7-20-14/h5-6,9,11H,2-4,7-8,10H2,1H3. The molecule has 6 heteroatoms. The van der Waals surface area contributed by atoms with E-state index < -0.39 is 0 Å². The van der Waals surface area contributed by atoms with Crippen LogP contribution in [0.25, 0.3) is 0 Å². The van der Waals surface area contributed by atoms with Crippen LogP contribution in [0.4, 0.5) is 0 Å². The number of benzene rings is 1. The zero-order valence-electron chi connectivity index (χ0n) is 13.0. The van der Waals surface area contributed by atoms with Crippen LogP contribution in [0, 0.1) is 0 Å². The Morgan fingerprint density at radius 1 is 1.30 bits per heavy atom. The molecule has 122 valence electrons. The zero-order chi connectivity index (χ0) is 16.1. The van der Waals surface area contributed by atoms with Crippen LogP contribution >= 0.6 is 11.3 Å². The molecule has 0 saturated carbocycles. The molecular weight excluding hydrogens is 314 g/mol. The molecule has 3 rings (SSSR count). The average Bonchev–Trinajstić information content (AvgIpc) is 2.87. The van der Waals surface area contributed by atoms with Crippen molar-refractivity contribution in [3.8, 4) is 11.5 Å². The summed E-state index contributed by atoms with van der Waals surface area (Å²) in [6.45, 7) is 3.52. The van der Waals surface area contributed by atoms with Crippen LogP contribution in [-0.2, 0) is 17.8 Å². The molecule has 23 heavy (non-hydrogen) atoms. The van der Waals surface area contributed by atoms with E-state index >= 15 is 0 Å². The molecule has 1 aromatic carbocycles. The number of nitrogens with zero attached hydrogens (tertiary/aromatic N) is 1. The van der Waals surface area contributed by atoms with Gasteiger partial charge >= 0.3 is 5.97 Å². The predicted molar refractivity (Wildman–Crippen MR) is 87.3 cm³/mol. The summed E-state index contributed by atoms with van der Waals surface area (Å²) in [7, 11) is 0. The van der Waals surface area contributed by atoms with Crippen molar-refractivity contribution in [2.45, 2.75) is 32.8 Å². The van der Waals surface area contributed by atoms with Crippen LogP contribution in [0.5, 0.6) is 11.5 Å².